The van der Waals surface area contributed by atoms with Gasteiger partial charge in [0.15, 0.2) is 0 Å². The molecule has 2 N–H and O–H groups in total. The Labute approximate surface area is 99.0 Å². The molecule has 3 nitrogen and oxygen atoms in total. The topological polar surface area (TPSA) is 38.5 Å². The average molecular weight is 232 g/mol. The molecule has 90 valence electrons. The summed E-state index contributed by atoms with van der Waals surface area (Å²) in [4.78, 5) is 3.02. The molecule has 0 fully saturated rings. The van der Waals surface area contributed by atoms with Gasteiger partial charge in [-0.2, -0.15) is 0 Å². The number of nitrogens with zero attached hydrogens (tertiary/aromatic N) is 1. The molecular weight excluding hydrogens is 208 g/mol. The molecule has 0 aliphatic carbocycles. The van der Waals surface area contributed by atoms with E-state index in [-0.39, 0.29) is 0 Å². The number of thiocarbonyl (C=S) groups is 1. The molecule has 0 aromatic carbocycles. The minimum Gasteiger partial charge on any atom is -0.393 e. The molecule has 0 atom stereocenters. The zero-order valence-electron chi connectivity index (χ0n) is 10.2. The van der Waals surface area contributed by atoms with E-state index in [0.29, 0.717) is 11.0 Å². The summed E-state index contributed by atoms with van der Waals surface area (Å²) in [6.45, 7) is 7.12. The molecule has 0 heterocycles. The summed E-state index contributed by atoms with van der Waals surface area (Å²) in [5, 5.41) is 0. The van der Waals surface area contributed by atoms with Gasteiger partial charge < -0.3 is 10.5 Å². The van der Waals surface area contributed by atoms with E-state index in [1.165, 1.54) is 0 Å². The van der Waals surface area contributed by atoms with Gasteiger partial charge in [-0.3, -0.25) is 4.90 Å². The zero-order chi connectivity index (χ0) is 11.7. The van der Waals surface area contributed by atoms with Crippen molar-refractivity contribution < 1.29 is 4.74 Å². The van der Waals surface area contributed by atoms with E-state index < -0.39 is 0 Å². The second-order valence-corrected chi connectivity index (χ2v) is 4.24. The van der Waals surface area contributed by atoms with Crippen LogP contribution >= 0.6 is 12.2 Å². The van der Waals surface area contributed by atoms with Crippen molar-refractivity contribution in [3.63, 3.8) is 0 Å². The van der Waals surface area contributed by atoms with Crippen LogP contribution in [-0.4, -0.2) is 42.7 Å². The lowest BCUT2D eigenvalue weighted by molar-refractivity contribution is 0.117. The van der Waals surface area contributed by atoms with Gasteiger partial charge in [0.25, 0.3) is 0 Å². The molecule has 0 saturated carbocycles. The summed E-state index contributed by atoms with van der Waals surface area (Å²) in [6, 6.07) is 0.620. The molecule has 0 radical (unpaired) electrons. The second-order valence-electron chi connectivity index (χ2n) is 3.72. The van der Waals surface area contributed by atoms with Gasteiger partial charge in [0.05, 0.1) is 11.6 Å². The SMILES string of the molecule is CCC(CC)N(CCOC)CCC(N)=S. The smallest absolute Gasteiger partial charge is 0.0740 e. The first kappa shape index (κ1) is 14.8. The minimum absolute atomic E-state index is 0.600. The van der Waals surface area contributed by atoms with Gasteiger partial charge in [-0.25, -0.2) is 0 Å². The van der Waals surface area contributed by atoms with Crippen LogP contribution in [0, 0.1) is 0 Å². The largest absolute Gasteiger partial charge is 0.393 e. The van der Waals surface area contributed by atoms with Crippen molar-refractivity contribution >= 4 is 17.2 Å². The van der Waals surface area contributed by atoms with Crippen molar-refractivity contribution in [2.24, 2.45) is 5.73 Å². The molecule has 0 aliphatic heterocycles. The minimum atomic E-state index is 0.600. The van der Waals surface area contributed by atoms with Gasteiger partial charge in [-0.1, -0.05) is 26.1 Å². The maximum atomic E-state index is 5.53. The van der Waals surface area contributed by atoms with Crippen LogP contribution in [0.4, 0.5) is 0 Å². The molecule has 0 rings (SSSR count). The fourth-order valence-corrected chi connectivity index (χ4v) is 1.84. The lowest BCUT2D eigenvalue weighted by atomic mass is 10.1. The highest BCUT2D eigenvalue weighted by atomic mass is 32.1. The zero-order valence-corrected chi connectivity index (χ0v) is 11.0. The fraction of sp³-hybridized carbons (Fsp3) is 0.909. The first-order chi connectivity index (χ1) is 7.15. The van der Waals surface area contributed by atoms with E-state index in [1.54, 1.807) is 7.11 Å². The van der Waals surface area contributed by atoms with Crippen LogP contribution < -0.4 is 5.73 Å². The predicted molar refractivity (Wildman–Crippen MR) is 69.2 cm³/mol. The van der Waals surface area contributed by atoms with Crippen molar-refractivity contribution in [1.29, 1.82) is 0 Å². The van der Waals surface area contributed by atoms with Crippen molar-refractivity contribution in [3.05, 3.63) is 0 Å². The Morgan fingerprint density at radius 2 is 1.93 bits per heavy atom. The Balaban J connectivity index is 4.08. The van der Waals surface area contributed by atoms with E-state index in [2.05, 4.69) is 18.7 Å². The van der Waals surface area contributed by atoms with E-state index >= 15 is 0 Å². The fourth-order valence-electron chi connectivity index (χ4n) is 1.74. The lowest BCUT2D eigenvalue weighted by Crippen LogP contribution is -2.38. The predicted octanol–water partition coefficient (Wildman–Crippen LogP) is 1.80. The molecule has 4 heteroatoms. The molecule has 0 saturated heterocycles. The third kappa shape index (κ3) is 6.82. The van der Waals surface area contributed by atoms with E-state index in [4.69, 9.17) is 22.7 Å². The first-order valence-electron chi connectivity index (χ1n) is 5.66. The Morgan fingerprint density at radius 1 is 1.33 bits per heavy atom. The normalized spacial score (nSPS) is 11.3. The highest BCUT2D eigenvalue weighted by Crippen LogP contribution is 2.08. The standard InChI is InChI=1S/C11H24N2OS/c1-4-10(5-2)13(8-9-14-3)7-6-11(12)15/h10H,4-9H2,1-3H3,(H2,12,15). The first-order valence-corrected chi connectivity index (χ1v) is 6.07. The molecule has 0 spiro atoms. The number of methoxy groups -OCH3 is 1. The third-order valence-corrected chi connectivity index (χ3v) is 2.89. The molecule has 0 aromatic rings. The van der Waals surface area contributed by atoms with Crippen LogP contribution in [0.25, 0.3) is 0 Å². The Morgan fingerprint density at radius 3 is 2.33 bits per heavy atom. The van der Waals surface area contributed by atoms with Crippen molar-refractivity contribution in [3.8, 4) is 0 Å². The van der Waals surface area contributed by atoms with E-state index in [9.17, 15) is 0 Å². The van der Waals surface area contributed by atoms with Gasteiger partial charge in [0.2, 0.25) is 0 Å². The van der Waals surface area contributed by atoms with Crippen LogP contribution in [0.2, 0.25) is 0 Å². The van der Waals surface area contributed by atoms with Crippen LogP contribution in [-0.2, 0) is 4.74 Å². The Kier molecular flexibility index (Phi) is 8.95. The number of nitrogens with two attached hydrogens (primary N) is 1. The Hall–Kier alpha value is -0.190. The van der Waals surface area contributed by atoms with Crippen molar-refractivity contribution in [1.82, 2.24) is 4.90 Å². The molecular formula is C11H24N2OS. The van der Waals surface area contributed by atoms with Gasteiger partial charge >= 0.3 is 0 Å². The Bertz CT molecular complexity index is 172. The average Bonchev–Trinajstić information content (AvgIpc) is 2.22. The number of rotatable bonds is 9. The number of hydrogen-bond acceptors (Lipinski definition) is 3. The van der Waals surface area contributed by atoms with Crippen LogP contribution in [0.1, 0.15) is 33.1 Å². The summed E-state index contributed by atoms with van der Waals surface area (Å²) in [7, 11) is 1.73. The summed E-state index contributed by atoms with van der Waals surface area (Å²) in [5.41, 5.74) is 5.53. The molecule has 0 aliphatic rings. The second kappa shape index (κ2) is 9.07. The monoisotopic (exact) mass is 232 g/mol. The summed E-state index contributed by atoms with van der Waals surface area (Å²) in [6.07, 6.45) is 3.13. The van der Waals surface area contributed by atoms with Gasteiger partial charge in [0.1, 0.15) is 0 Å². The maximum Gasteiger partial charge on any atom is 0.0740 e. The highest BCUT2D eigenvalue weighted by molar-refractivity contribution is 7.80. The summed E-state index contributed by atoms with van der Waals surface area (Å²) in [5.74, 6) is 0. The number of ether oxygens (including phenoxy) is 1. The molecule has 0 amide bonds. The van der Waals surface area contributed by atoms with Gasteiger partial charge in [0, 0.05) is 32.7 Å². The van der Waals surface area contributed by atoms with Crippen LogP contribution in [0.3, 0.4) is 0 Å². The molecule has 0 bridgehead atoms. The highest BCUT2D eigenvalue weighted by Gasteiger charge is 2.14. The van der Waals surface area contributed by atoms with E-state index in [1.807, 2.05) is 0 Å². The van der Waals surface area contributed by atoms with Crippen LogP contribution in [0.15, 0.2) is 0 Å². The third-order valence-electron chi connectivity index (χ3n) is 2.69. The van der Waals surface area contributed by atoms with Crippen molar-refractivity contribution in [2.45, 2.75) is 39.2 Å². The molecule has 0 aromatic heterocycles. The van der Waals surface area contributed by atoms with E-state index in [0.717, 1.165) is 39.0 Å². The van der Waals surface area contributed by atoms with Gasteiger partial charge in [-0.05, 0) is 12.8 Å². The molecule has 15 heavy (non-hydrogen) atoms. The quantitative estimate of drug-likeness (QED) is 0.615. The summed E-state index contributed by atoms with van der Waals surface area (Å²) < 4.78 is 5.11. The van der Waals surface area contributed by atoms with Gasteiger partial charge in [-0.15, -0.1) is 0 Å². The summed E-state index contributed by atoms with van der Waals surface area (Å²) >= 11 is 4.91. The molecule has 0 unspecified atom stereocenters. The maximum absolute atomic E-state index is 5.53. The lowest BCUT2D eigenvalue weighted by Gasteiger charge is -2.30. The van der Waals surface area contributed by atoms with Crippen molar-refractivity contribution in [2.75, 3.05) is 26.8 Å². The van der Waals surface area contributed by atoms with Crippen LogP contribution in [0.5, 0.6) is 0 Å². The number of hydrogen-bond donors (Lipinski definition) is 1.